The van der Waals surface area contributed by atoms with Crippen molar-refractivity contribution in [2.24, 2.45) is 7.05 Å². The summed E-state index contributed by atoms with van der Waals surface area (Å²) in [4.78, 5) is 38.6. The average Bonchev–Trinajstić information content (AvgIpc) is 3.38. The molecule has 2 N–H and O–H groups in total. The van der Waals surface area contributed by atoms with Crippen LogP contribution >= 0.6 is 0 Å². The highest BCUT2D eigenvalue weighted by atomic mass is 16.3. The molecule has 4 aromatic rings. The van der Waals surface area contributed by atoms with E-state index in [2.05, 4.69) is 50.9 Å². The number of pyridine rings is 3. The summed E-state index contributed by atoms with van der Waals surface area (Å²) in [6.07, 6.45) is 12.9. The molecule has 0 saturated carbocycles. The smallest absolute Gasteiger partial charge is 0.274 e. The number of hydrogen-bond donors (Lipinski definition) is 2. The first-order valence-electron chi connectivity index (χ1n) is 16.0. The normalized spacial score (nSPS) is 15.6. The second-order valence-electron chi connectivity index (χ2n) is 12.5. The molecule has 0 spiro atoms. The lowest BCUT2D eigenvalue weighted by atomic mass is 9.91. The first-order chi connectivity index (χ1) is 21.9. The van der Waals surface area contributed by atoms with Crippen LogP contribution in [0.2, 0.25) is 0 Å². The van der Waals surface area contributed by atoms with Gasteiger partial charge in [0.2, 0.25) is 6.41 Å². The van der Waals surface area contributed by atoms with Gasteiger partial charge in [0.25, 0.3) is 5.56 Å². The topological polar surface area (TPSA) is 109 Å². The number of anilines is 3. The molecule has 1 aliphatic heterocycles. The number of carbonyl (C=O) groups is 1. The summed E-state index contributed by atoms with van der Waals surface area (Å²) in [5.41, 5.74) is 7.33. The van der Waals surface area contributed by atoms with Crippen LogP contribution in [0, 0.1) is 6.92 Å². The number of aliphatic hydroxyl groups excluding tert-OH is 1. The molecular weight excluding hydrogens is 566 g/mol. The number of rotatable bonds is 10. The number of fused-ring (bicyclic) bond motifs is 1. The fourth-order valence-electron chi connectivity index (χ4n) is 6.95. The predicted octanol–water partition coefficient (Wildman–Crippen LogP) is 4.54. The minimum atomic E-state index is -0.313. The molecule has 1 amide bonds. The van der Waals surface area contributed by atoms with E-state index in [0.717, 1.165) is 50.7 Å². The number of hydrogen-bond acceptors (Lipinski definition) is 7. The second kappa shape index (κ2) is 13.4. The van der Waals surface area contributed by atoms with Gasteiger partial charge >= 0.3 is 0 Å². The standard InChI is InChI=1S/C35H43N7O3/c1-24-18-26-6-4-5-7-32(26)42(24)17-16-41(23-44)34-30(22-43)29(10-13-36-34)28-19-31(35(45)40(3)21-28)38-33-9-8-27(20-37-33)25-11-14-39(2)15-12-25/h8-10,13,18-21,23,25,43H,4-7,11-12,14-17,22H2,1-3H3,(H,37,38). The molecule has 10 nitrogen and oxygen atoms in total. The number of nitrogens with one attached hydrogen (secondary N) is 1. The molecule has 0 unspecified atom stereocenters. The maximum absolute atomic E-state index is 13.2. The summed E-state index contributed by atoms with van der Waals surface area (Å²) >= 11 is 0. The van der Waals surface area contributed by atoms with E-state index in [0.29, 0.717) is 47.5 Å². The van der Waals surface area contributed by atoms with E-state index in [1.807, 2.05) is 18.3 Å². The number of amides is 1. The van der Waals surface area contributed by atoms with E-state index in [9.17, 15) is 14.7 Å². The molecule has 10 heteroatoms. The van der Waals surface area contributed by atoms with Gasteiger partial charge in [0.15, 0.2) is 0 Å². The van der Waals surface area contributed by atoms with E-state index < -0.39 is 0 Å². The number of piperidine rings is 1. The monoisotopic (exact) mass is 609 g/mol. The molecule has 0 radical (unpaired) electrons. The number of likely N-dealkylation sites (tertiary alicyclic amines) is 1. The number of carbonyl (C=O) groups excluding carboxylic acids is 1. The molecule has 6 rings (SSSR count). The van der Waals surface area contributed by atoms with Crippen LogP contribution in [0.3, 0.4) is 0 Å². The SMILES string of the molecule is Cc1cc2c(n1CCN(C=O)c1nccc(-c3cc(Nc4ccc(C5CCN(C)CC5)cn4)c(=O)n(C)c3)c1CO)CCCC2. The first kappa shape index (κ1) is 30.7. The van der Waals surface area contributed by atoms with Gasteiger partial charge in [0, 0.05) is 61.2 Å². The van der Waals surface area contributed by atoms with Crippen molar-refractivity contribution in [2.75, 3.05) is 36.9 Å². The van der Waals surface area contributed by atoms with Crippen LogP contribution in [0.5, 0.6) is 0 Å². The Hall–Kier alpha value is -4.28. The second-order valence-corrected chi connectivity index (χ2v) is 12.5. The number of aromatic nitrogens is 4. The van der Waals surface area contributed by atoms with Gasteiger partial charge in [0.1, 0.15) is 17.3 Å². The minimum absolute atomic E-state index is 0.195. The van der Waals surface area contributed by atoms with Crippen molar-refractivity contribution in [1.82, 2.24) is 24.0 Å². The van der Waals surface area contributed by atoms with Gasteiger partial charge in [-0.15, -0.1) is 0 Å². The lowest BCUT2D eigenvalue weighted by Gasteiger charge is -2.29. The van der Waals surface area contributed by atoms with Gasteiger partial charge in [-0.3, -0.25) is 14.5 Å². The Bertz CT molecular complexity index is 1720. The summed E-state index contributed by atoms with van der Waals surface area (Å²) in [7, 11) is 3.86. The maximum atomic E-state index is 13.2. The zero-order valence-electron chi connectivity index (χ0n) is 26.5. The highest BCUT2D eigenvalue weighted by Crippen LogP contribution is 2.32. The lowest BCUT2D eigenvalue weighted by Crippen LogP contribution is -2.29. The van der Waals surface area contributed by atoms with E-state index >= 15 is 0 Å². The zero-order valence-corrected chi connectivity index (χ0v) is 26.5. The number of nitrogens with zero attached hydrogens (tertiary/aromatic N) is 6. The largest absolute Gasteiger partial charge is 0.392 e. The van der Waals surface area contributed by atoms with Gasteiger partial charge in [-0.25, -0.2) is 9.97 Å². The van der Waals surface area contributed by atoms with Crippen molar-refractivity contribution in [3.63, 3.8) is 0 Å². The zero-order chi connectivity index (χ0) is 31.5. The number of aryl methyl sites for hydroxylation is 3. The Morgan fingerprint density at radius 1 is 1.09 bits per heavy atom. The van der Waals surface area contributed by atoms with E-state index in [1.165, 1.54) is 39.9 Å². The van der Waals surface area contributed by atoms with Crippen LogP contribution in [0.4, 0.5) is 17.3 Å². The molecule has 1 saturated heterocycles. The molecule has 236 valence electrons. The molecule has 0 aromatic carbocycles. The average molecular weight is 610 g/mol. The Balaban J connectivity index is 1.25. The van der Waals surface area contributed by atoms with Crippen molar-refractivity contribution in [3.8, 4) is 11.1 Å². The van der Waals surface area contributed by atoms with Crippen molar-refractivity contribution < 1.29 is 9.90 Å². The van der Waals surface area contributed by atoms with Crippen LogP contribution in [-0.2, 0) is 37.8 Å². The highest BCUT2D eigenvalue weighted by molar-refractivity contribution is 5.81. The molecule has 0 bridgehead atoms. The van der Waals surface area contributed by atoms with E-state index in [-0.39, 0.29) is 12.2 Å². The quantitative estimate of drug-likeness (QED) is 0.254. The third-order valence-corrected chi connectivity index (χ3v) is 9.50. The molecule has 45 heavy (non-hydrogen) atoms. The van der Waals surface area contributed by atoms with Crippen LogP contribution in [0.15, 0.2) is 53.7 Å². The van der Waals surface area contributed by atoms with Crippen molar-refractivity contribution in [3.05, 3.63) is 87.4 Å². The highest BCUT2D eigenvalue weighted by Gasteiger charge is 2.21. The van der Waals surface area contributed by atoms with Crippen molar-refractivity contribution >= 4 is 23.7 Å². The summed E-state index contributed by atoms with van der Waals surface area (Å²) in [6, 6.07) is 9.87. The fourth-order valence-corrected chi connectivity index (χ4v) is 6.95. The molecule has 4 aromatic heterocycles. The van der Waals surface area contributed by atoms with Crippen LogP contribution < -0.4 is 15.8 Å². The van der Waals surface area contributed by atoms with Gasteiger partial charge in [-0.05, 0) is 112 Å². The third kappa shape index (κ3) is 6.43. The first-order valence-corrected chi connectivity index (χ1v) is 16.0. The van der Waals surface area contributed by atoms with Gasteiger partial charge in [0.05, 0.1) is 6.61 Å². The van der Waals surface area contributed by atoms with Crippen LogP contribution in [0.25, 0.3) is 11.1 Å². The molecule has 1 aliphatic carbocycles. The van der Waals surface area contributed by atoms with Gasteiger partial charge in [-0.1, -0.05) is 6.07 Å². The molecule has 0 atom stereocenters. The Morgan fingerprint density at radius 3 is 2.62 bits per heavy atom. The lowest BCUT2D eigenvalue weighted by molar-refractivity contribution is -0.107. The van der Waals surface area contributed by atoms with E-state index in [4.69, 9.17) is 0 Å². The van der Waals surface area contributed by atoms with Gasteiger partial charge in [-0.2, -0.15) is 0 Å². The van der Waals surface area contributed by atoms with Crippen molar-refractivity contribution in [1.29, 1.82) is 0 Å². The third-order valence-electron chi connectivity index (χ3n) is 9.50. The maximum Gasteiger partial charge on any atom is 0.274 e. The fraction of sp³-hybridized carbons (Fsp3) is 0.429. The summed E-state index contributed by atoms with van der Waals surface area (Å²) in [6.45, 7) is 5.04. The van der Waals surface area contributed by atoms with Crippen LogP contribution in [-0.4, -0.2) is 62.2 Å². The predicted molar refractivity (Wildman–Crippen MR) is 177 cm³/mol. The van der Waals surface area contributed by atoms with Crippen molar-refractivity contribution in [2.45, 2.75) is 64.5 Å². The Morgan fingerprint density at radius 2 is 1.89 bits per heavy atom. The Labute approximate surface area is 264 Å². The van der Waals surface area contributed by atoms with E-state index in [1.54, 1.807) is 30.4 Å². The number of aliphatic hydroxyl groups is 1. The van der Waals surface area contributed by atoms with Crippen LogP contribution in [0.1, 0.15) is 59.7 Å². The molecule has 1 fully saturated rings. The summed E-state index contributed by atoms with van der Waals surface area (Å²) in [5, 5.41) is 13.8. The molecule has 2 aliphatic rings. The minimum Gasteiger partial charge on any atom is -0.392 e. The van der Waals surface area contributed by atoms with Gasteiger partial charge < -0.3 is 24.5 Å². The summed E-state index contributed by atoms with van der Waals surface area (Å²) in [5.74, 6) is 1.51. The molecule has 5 heterocycles. The summed E-state index contributed by atoms with van der Waals surface area (Å²) < 4.78 is 3.83. The Kier molecular flexibility index (Phi) is 9.14. The molecular formula is C35H43N7O3.